The molecule has 1 N–H and O–H groups in total. The molecule has 1 aromatic rings. The fourth-order valence-electron chi connectivity index (χ4n) is 2.08. The first-order chi connectivity index (χ1) is 7.68. The molecule has 4 heteroatoms. The number of benzene rings is 1. The lowest BCUT2D eigenvalue weighted by molar-refractivity contribution is 0.0695. The Morgan fingerprint density at radius 2 is 2.06 bits per heavy atom. The first kappa shape index (κ1) is 12.0. The number of carboxylic acids is 1. The van der Waals surface area contributed by atoms with E-state index in [9.17, 15) is 9.90 Å². The predicted octanol–water partition coefficient (Wildman–Crippen LogP) is 3.76. The summed E-state index contributed by atoms with van der Waals surface area (Å²) in [5.41, 5.74) is 1.45. The molecule has 0 radical (unpaired) electrons. The van der Waals surface area contributed by atoms with Gasteiger partial charge in [0.05, 0.1) is 5.56 Å². The van der Waals surface area contributed by atoms with Gasteiger partial charge in [0, 0.05) is 4.47 Å². The van der Waals surface area contributed by atoms with E-state index >= 15 is 0 Å². The van der Waals surface area contributed by atoms with Crippen LogP contribution in [0.2, 0.25) is 0 Å². The highest BCUT2D eigenvalue weighted by Gasteiger charge is 2.21. The molecule has 0 bridgehead atoms. The Morgan fingerprint density at radius 1 is 1.38 bits per heavy atom. The molecule has 2 rings (SSSR count). The molecule has 0 spiro atoms. The van der Waals surface area contributed by atoms with Gasteiger partial charge in [-0.3, -0.25) is 0 Å². The lowest BCUT2D eigenvalue weighted by Crippen LogP contribution is -2.12. The summed E-state index contributed by atoms with van der Waals surface area (Å²) in [6, 6.07) is 5.59. The van der Waals surface area contributed by atoms with Gasteiger partial charge in [0.15, 0.2) is 0 Å². The van der Waals surface area contributed by atoms with Crippen LogP contribution >= 0.6 is 27.7 Å². The van der Waals surface area contributed by atoms with Crippen LogP contribution in [0.25, 0.3) is 0 Å². The van der Waals surface area contributed by atoms with Crippen LogP contribution in [0.15, 0.2) is 22.7 Å². The average molecular weight is 301 g/mol. The molecular weight excluding hydrogens is 288 g/mol. The van der Waals surface area contributed by atoms with Crippen molar-refractivity contribution in [3.05, 3.63) is 33.8 Å². The van der Waals surface area contributed by atoms with Crippen molar-refractivity contribution in [3.63, 3.8) is 0 Å². The number of hydrogen-bond acceptors (Lipinski definition) is 2. The third-order valence-corrected chi connectivity index (χ3v) is 4.45. The zero-order valence-corrected chi connectivity index (χ0v) is 11.2. The fourth-order valence-corrected chi connectivity index (χ4v) is 3.55. The van der Waals surface area contributed by atoms with Crippen molar-refractivity contribution in [1.82, 2.24) is 0 Å². The molecule has 0 aliphatic carbocycles. The van der Waals surface area contributed by atoms with Crippen LogP contribution in [0.5, 0.6) is 0 Å². The van der Waals surface area contributed by atoms with E-state index in [0.29, 0.717) is 11.5 Å². The highest BCUT2D eigenvalue weighted by atomic mass is 79.9. The summed E-state index contributed by atoms with van der Waals surface area (Å²) >= 11 is 5.28. The van der Waals surface area contributed by atoms with E-state index in [1.54, 1.807) is 6.07 Å². The van der Waals surface area contributed by atoms with E-state index in [-0.39, 0.29) is 0 Å². The second-order valence-electron chi connectivity index (χ2n) is 3.92. The summed E-state index contributed by atoms with van der Waals surface area (Å²) in [5, 5.41) is 9.19. The molecule has 1 heterocycles. The maximum Gasteiger partial charge on any atom is 0.336 e. The Kier molecular flexibility index (Phi) is 3.92. The van der Waals surface area contributed by atoms with Crippen LogP contribution in [-0.4, -0.2) is 22.6 Å². The van der Waals surface area contributed by atoms with E-state index in [4.69, 9.17) is 0 Å². The lowest BCUT2D eigenvalue weighted by Gasteiger charge is -2.23. The summed E-state index contributed by atoms with van der Waals surface area (Å²) in [4.78, 5) is 11.2. The molecule has 86 valence electrons. The standard InChI is InChI=1S/C12H13BrO2S/c13-9-1-2-10(11(7-9)12(14)15)8-3-5-16-6-4-8/h1-2,7-8H,3-6H2,(H,14,15). The van der Waals surface area contributed by atoms with Gasteiger partial charge in [-0.25, -0.2) is 4.79 Å². The molecule has 0 atom stereocenters. The Bertz CT molecular complexity index is 400. The molecule has 0 amide bonds. The van der Waals surface area contributed by atoms with E-state index in [2.05, 4.69) is 15.9 Å². The Morgan fingerprint density at radius 3 is 2.69 bits per heavy atom. The van der Waals surface area contributed by atoms with Gasteiger partial charge in [0.2, 0.25) is 0 Å². The second-order valence-corrected chi connectivity index (χ2v) is 6.06. The monoisotopic (exact) mass is 300 g/mol. The van der Waals surface area contributed by atoms with Crippen molar-refractivity contribution in [2.45, 2.75) is 18.8 Å². The predicted molar refractivity (Wildman–Crippen MR) is 70.4 cm³/mol. The lowest BCUT2D eigenvalue weighted by atomic mass is 9.90. The third-order valence-electron chi connectivity index (χ3n) is 2.91. The van der Waals surface area contributed by atoms with Crippen LogP contribution in [0.4, 0.5) is 0 Å². The molecule has 0 aromatic heterocycles. The van der Waals surface area contributed by atoms with Gasteiger partial charge in [-0.2, -0.15) is 11.8 Å². The smallest absolute Gasteiger partial charge is 0.336 e. The number of aromatic carboxylic acids is 1. The number of hydrogen-bond donors (Lipinski definition) is 1. The van der Waals surface area contributed by atoms with Gasteiger partial charge in [0.25, 0.3) is 0 Å². The van der Waals surface area contributed by atoms with Crippen molar-refractivity contribution >= 4 is 33.7 Å². The van der Waals surface area contributed by atoms with Gasteiger partial charge in [-0.05, 0) is 48.0 Å². The summed E-state index contributed by atoms with van der Waals surface area (Å²) in [6.07, 6.45) is 2.18. The molecule has 1 aliphatic heterocycles. The minimum Gasteiger partial charge on any atom is -0.478 e. The molecule has 1 fully saturated rings. The molecular formula is C12H13BrO2S. The molecule has 16 heavy (non-hydrogen) atoms. The molecule has 2 nitrogen and oxygen atoms in total. The fraction of sp³-hybridized carbons (Fsp3) is 0.417. The average Bonchev–Trinajstić information content (AvgIpc) is 2.30. The van der Waals surface area contributed by atoms with Gasteiger partial charge in [-0.1, -0.05) is 22.0 Å². The second kappa shape index (κ2) is 5.23. The van der Waals surface area contributed by atoms with E-state index in [1.807, 2.05) is 23.9 Å². The van der Waals surface area contributed by atoms with Crippen LogP contribution < -0.4 is 0 Å². The van der Waals surface area contributed by atoms with E-state index < -0.39 is 5.97 Å². The maximum atomic E-state index is 11.2. The van der Waals surface area contributed by atoms with Gasteiger partial charge in [-0.15, -0.1) is 0 Å². The van der Waals surface area contributed by atoms with E-state index in [1.165, 1.54) is 0 Å². The number of halogens is 1. The highest BCUT2D eigenvalue weighted by Crippen LogP contribution is 2.34. The first-order valence-electron chi connectivity index (χ1n) is 5.29. The summed E-state index contributed by atoms with van der Waals surface area (Å²) in [5.74, 6) is 1.87. The Balaban J connectivity index is 2.34. The van der Waals surface area contributed by atoms with Crippen molar-refractivity contribution in [1.29, 1.82) is 0 Å². The first-order valence-corrected chi connectivity index (χ1v) is 7.23. The summed E-state index contributed by atoms with van der Waals surface area (Å²) in [7, 11) is 0. The zero-order valence-electron chi connectivity index (χ0n) is 8.78. The van der Waals surface area contributed by atoms with Gasteiger partial charge in [0.1, 0.15) is 0 Å². The van der Waals surface area contributed by atoms with Crippen molar-refractivity contribution in [2.24, 2.45) is 0 Å². The van der Waals surface area contributed by atoms with Crippen LogP contribution in [-0.2, 0) is 0 Å². The number of carboxylic acid groups (broad SMARTS) is 1. The third kappa shape index (κ3) is 2.61. The SMILES string of the molecule is O=C(O)c1cc(Br)ccc1C1CCSCC1. The maximum absolute atomic E-state index is 11.2. The van der Waals surface area contributed by atoms with Crippen molar-refractivity contribution in [3.8, 4) is 0 Å². The number of thioether (sulfide) groups is 1. The van der Waals surface area contributed by atoms with Crippen molar-refractivity contribution < 1.29 is 9.90 Å². The quantitative estimate of drug-likeness (QED) is 0.903. The Hall–Kier alpha value is -0.480. The highest BCUT2D eigenvalue weighted by molar-refractivity contribution is 9.10. The number of rotatable bonds is 2. The normalized spacial score (nSPS) is 17.3. The van der Waals surface area contributed by atoms with Crippen LogP contribution in [0.3, 0.4) is 0 Å². The minimum atomic E-state index is -0.825. The number of carbonyl (C=O) groups is 1. The molecule has 1 saturated heterocycles. The Labute approximate surface area is 108 Å². The largest absolute Gasteiger partial charge is 0.478 e. The van der Waals surface area contributed by atoms with Crippen molar-refractivity contribution in [2.75, 3.05) is 11.5 Å². The molecule has 0 unspecified atom stereocenters. The molecule has 0 saturated carbocycles. The van der Waals surface area contributed by atoms with Gasteiger partial charge >= 0.3 is 5.97 Å². The summed E-state index contributed by atoms with van der Waals surface area (Å²) < 4.78 is 0.832. The van der Waals surface area contributed by atoms with Crippen LogP contribution in [0, 0.1) is 0 Å². The van der Waals surface area contributed by atoms with E-state index in [0.717, 1.165) is 34.4 Å². The topological polar surface area (TPSA) is 37.3 Å². The zero-order chi connectivity index (χ0) is 11.5. The minimum absolute atomic E-state index is 0.417. The molecule has 1 aliphatic rings. The molecule has 1 aromatic carbocycles. The van der Waals surface area contributed by atoms with Gasteiger partial charge < -0.3 is 5.11 Å². The van der Waals surface area contributed by atoms with Crippen LogP contribution in [0.1, 0.15) is 34.7 Å². The summed E-state index contributed by atoms with van der Waals surface area (Å²) in [6.45, 7) is 0.